The summed E-state index contributed by atoms with van der Waals surface area (Å²) in [6.45, 7) is 1.03. The van der Waals surface area contributed by atoms with Gasteiger partial charge in [0.1, 0.15) is 17.5 Å². The summed E-state index contributed by atoms with van der Waals surface area (Å²) in [4.78, 5) is 13.1. The largest absolute Gasteiger partial charge is 0.593 e. The van der Waals surface area contributed by atoms with E-state index in [2.05, 4.69) is 25.6 Å². The first-order valence-corrected chi connectivity index (χ1v) is 13.7. The minimum Gasteiger partial charge on any atom is -0.593 e. The van der Waals surface area contributed by atoms with Gasteiger partial charge in [-0.2, -0.15) is 4.98 Å². The van der Waals surface area contributed by atoms with Gasteiger partial charge in [0.15, 0.2) is 4.90 Å². The number of pyridine rings is 1. The van der Waals surface area contributed by atoms with E-state index in [0.29, 0.717) is 53.8 Å². The molecule has 1 fully saturated rings. The molecule has 0 amide bonds. The standard InChI is InChI=1S/C28H28F2N6O2S/c29-20-1-3-21(4-2-20)33-27-10-14-32-28(35-27)34-22-5-7-23(8-6-22)39(38)36-15-11-19(12-16-36)25(18-37)24-9-13-31-17-26(24)30/h1-10,13-14,17,19,25,37H,11-12,15-16,18H2,(H2,32,33,34,35). The molecule has 2 aromatic carbocycles. The molecule has 202 valence electrons. The predicted octanol–water partition coefficient (Wildman–Crippen LogP) is 5.15. The molecule has 2 aromatic heterocycles. The van der Waals surface area contributed by atoms with Gasteiger partial charge in [-0.05, 0) is 85.0 Å². The molecular weight excluding hydrogens is 522 g/mol. The van der Waals surface area contributed by atoms with Crippen molar-refractivity contribution in [1.82, 2.24) is 19.3 Å². The number of anilines is 4. The van der Waals surface area contributed by atoms with Crippen molar-refractivity contribution in [2.75, 3.05) is 30.3 Å². The summed E-state index contributed by atoms with van der Waals surface area (Å²) in [5, 5.41) is 16.2. The van der Waals surface area contributed by atoms with E-state index in [1.807, 2.05) is 16.4 Å². The molecule has 11 heteroatoms. The average molecular weight is 551 g/mol. The maximum atomic E-state index is 14.2. The van der Waals surface area contributed by atoms with Gasteiger partial charge < -0.3 is 20.3 Å². The summed E-state index contributed by atoms with van der Waals surface area (Å²) in [5.74, 6) is 0.00285. The molecule has 5 rings (SSSR count). The fraction of sp³-hybridized carbons (Fsp3) is 0.250. The highest BCUT2D eigenvalue weighted by Crippen LogP contribution is 2.35. The number of aliphatic hydroxyl groups is 1. The molecule has 2 unspecified atom stereocenters. The lowest BCUT2D eigenvalue weighted by molar-refractivity contribution is 0.176. The summed E-state index contributed by atoms with van der Waals surface area (Å²) < 4.78 is 42.5. The van der Waals surface area contributed by atoms with Crippen LogP contribution in [0.4, 0.5) is 31.9 Å². The number of benzene rings is 2. The number of nitrogens with one attached hydrogen (secondary N) is 2. The van der Waals surface area contributed by atoms with Crippen LogP contribution < -0.4 is 10.6 Å². The van der Waals surface area contributed by atoms with E-state index in [-0.39, 0.29) is 24.3 Å². The lowest BCUT2D eigenvalue weighted by Gasteiger charge is -2.35. The van der Waals surface area contributed by atoms with Crippen LogP contribution in [0.25, 0.3) is 0 Å². The highest BCUT2D eigenvalue weighted by molar-refractivity contribution is 7.89. The van der Waals surface area contributed by atoms with Gasteiger partial charge in [-0.25, -0.2) is 13.8 Å². The minimum atomic E-state index is -1.34. The van der Waals surface area contributed by atoms with Crippen LogP contribution in [0.2, 0.25) is 0 Å². The van der Waals surface area contributed by atoms with Crippen molar-refractivity contribution in [3.8, 4) is 0 Å². The Balaban J connectivity index is 1.17. The van der Waals surface area contributed by atoms with Gasteiger partial charge >= 0.3 is 0 Å². The number of nitrogens with zero attached hydrogens (tertiary/aromatic N) is 4. The third kappa shape index (κ3) is 6.69. The number of aliphatic hydroxyl groups excluding tert-OH is 1. The van der Waals surface area contributed by atoms with Crippen molar-refractivity contribution in [1.29, 1.82) is 0 Å². The van der Waals surface area contributed by atoms with Gasteiger partial charge in [-0.1, -0.05) is 0 Å². The van der Waals surface area contributed by atoms with E-state index in [4.69, 9.17) is 0 Å². The molecule has 0 saturated carbocycles. The van der Waals surface area contributed by atoms with Crippen molar-refractivity contribution in [3.05, 3.63) is 96.5 Å². The van der Waals surface area contributed by atoms with Gasteiger partial charge in [0, 0.05) is 42.8 Å². The third-order valence-electron chi connectivity index (χ3n) is 6.79. The van der Waals surface area contributed by atoms with E-state index >= 15 is 0 Å². The van der Waals surface area contributed by atoms with Gasteiger partial charge in [0.05, 0.1) is 24.2 Å². The molecule has 1 aliphatic heterocycles. The van der Waals surface area contributed by atoms with E-state index in [9.17, 15) is 18.4 Å². The smallest absolute Gasteiger partial charge is 0.229 e. The highest BCUT2D eigenvalue weighted by atomic mass is 32.2. The van der Waals surface area contributed by atoms with Crippen LogP contribution in [0.15, 0.2) is 84.1 Å². The average Bonchev–Trinajstić information content (AvgIpc) is 2.96. The molecular formula is C28H28F2N6O2S. The summed E-state index contributed by atoms with van der Waals surface area (Å²) in [5.41, 5.74) is 1.92. The predicted molar refractivity (Wildman–Crippen MR) is 146 cm³/mol. The van der Waals surface area contributed by atoms with Gasteiger partial charge in [0.2, 0.25) is 5.95 Å². The number of piperidine rings is 1. The zero-order chi connectivity index (χ0) is 27.2. The lowest BCUT2D eigenvalue weighted by Crippen LogP contribution is -2.40. The zero-order valence-electron chi connectivity index (χ0n) is 21.0. The third-order valence-corrected chi connectivity index (χ3v) is 8.30. The second-order valence-corrected chi connectivity index (χ2v) is 10.7. The van der Waals surface area contributed by atoms with E-state index in [0.717, 1.165) is 5.69 Å². The molecule has 1 saturated heterocycles. The van der Waals surface area contributed by atoms with Crippen LogP contribution in [0.1, 0.15) is 24.3 Å². The topological polar surface area (TPSA) is 109 Å². The van der Waals surface area contributed by atoms with Crippen LogP contribution in [-0.2, 0) is 11.4 Å². The summed E-state index contributed by atoms with van der Waals surface area (Å²) >= 11 is -1.34. The Kier molecular flexibility index (Phi) is 8.62. The fourth-order valence-electron chi connectivity index (χ4n) is 4.73. The number of hydrogen-bond acceptors (Lipinski definition) is 8. The van der Waals surface area contributed by atoms with Crippen molar-refractivity contribution in [3.63, 3.8) is 0 Å². The van der Waals surface area contributed by atoms with Crippen molar-refractivity contribution in [2.45, 2.75) is 23.7 Å². The first-order valence-electron chi connectivity index (χ1n) is 12.6. The Morgan fingerprint density at radius 2 is 1.64 bits per heavy atom. The number of rotatable bonds is 9. The Bertz CT molecular complexity index is 1370. The molecule has 0 spiro atoms. The SMILES string of the molecule is [O-][S+](c1ccc(Nc2nccc(Nc3ccc(F)cc3)n2)cc1)N1CCC(C(CO)c2ccncc2F)CC1. The molecule has 4 aromatic rings. The molecule has 2 atom stereocenters. The quantitative estimate of drug-likeness (QED) is 0.246. The van der Waals surface area contributed by atoms with Gasteiger partial charge in [-0.15, -0.1) is 4.31 Å². The van der Waals surface area contributed by atoms with Crippen LogP contribution in [0.3, 0.4) is 0 Å². The van der Waals surface area contributed by atoms with Gasteiger partial charge in [0.25, 0.3) is 0 Å². The number of halogens is 2. The van der Waals surface area contributed by atoms with E-state index in [1.165, 1.54) is 24.5 Å². The van der Waals surface area contributed by atoms with Crippen molar-refractivity contribution in [2.24, 2.45) is 5.92 Å². The maximum absolute atomic E-state index is 14.2. The molecule has 3 N–H and O–H groups in total. The Labute approximate surface area is 228 Å². The molecule has 0 radical (unpaired) electrons. The second-order valence-electron chi connectivity index (χ2n) is 9.25. The first kappa shape index (κ1) is 26.9. The fourth-order valence-corrected chi connectivity index (χ4v) is 5.94. The van der Waals surface area contributed by atoms with Crippen LogP contribution in [-0.4, -0.2) is 48.6 Å². The summed E-state index contributed by atoms with van der Waals surface area (Å²) in [6, 6.07) is 16.5. The Morgan fingerprint density at radius 3 is 2.33 bits per heavy atom. The summed E-state index contributed by atoms with van der Waals surface area (Å²) in [6.07, 6.45) is 5.74. The van der Waals surface area contributed by atoms with Crippen LogP contribution in [0, 0.1) is 17.6 Å². The highest BCUT2D eigenvalue weighted by Gasteiger charge is 2.33. The molecule has 8 nitrogen and oxygen atoms in total. The zero-order valence-corrected chi connectivity index (χ0v) is 21.8. The molecule has 3 heterocycles. The maximum Gasteiger partial charge on any atom is 0.229 e. The lowest BCUT2D eigenvalue weighted by atomic mass is 9.81. The Hall–Kier alpha value is -3.64. The second kappa shape index (κ2) is 12.5. The normalized spacial score (nSPS) is 16.0. The number of aromatic nitrogens is 3. The van der Waals surface area contributed by atoms with Gasteiger partial charge in [-0.3, -0.25) is 4.98 Å². The Morgan fingerprint density at radius 1 is 0.949 bits per heavy atom. The van der Waals surface area contributed by atoms with Crippen molar-refractivity contribution >= 4 is 34.5 Å². The van der Waals surface area contributed by atoms with E-state index < -0.39 is 17.2 Å². The summed E-state index contributed by atoms with van der Waals surface area (Å²) in [7, 11) is 0. The van der Waals surface area contributed by atoms with Crippen molar-refractivity contribution < 1.29 is 18.4 Å². The van der Waals surface area contributed by atoms with E-state index in [1.54, 1.807) is 42.6 Å². The monoisotopic (exact) mass is 550 g/mol. The number of hydrogen-bond donors (Lipinski definition) is 3. The first-order chi connectivity index (χ1) is 19.0. The molecule has 39 heavy (non-hydrogen) atoms. The van der Waals surface area contributed by atoms with Crippen LogP contribution >= 0.6 is 0 Å². The molecule has 0 aliphatic carbocycles. The van der Waals surface area contributed by atoms with Crippen LogP contribution in [0.5, 0.6) is 0 Å². The minimum absolute atomic E-state index is 0.0973. The molecule has 0 bridgehead atoms. The molecule has 1 aliphatic rings.